The van der Waals surface area contributed by atoms with Crippen LogP contribution in [0.1, 0.15) is 60.4 Å². The fourth-order valence-corrected chi connectivity index (χ4v) is 5.08. The predicted octanol–water partition coefficient (Wildman–Crippen LogP) is 4.92. The second-order valence-electron chi connectivity index (χ2n) is 8.58. The molecule has 31 heavy (non-hydrogen) atoms. The van der Waals surface area contributed by atoms with Gasteiger partial charge in [-0.1, -0.05) is 24.3 Å². The average molecular weight is 428 g/mol. The highest BCUT2D eigenvalue weighted by Crippen LogP contribution is 2.40. The van der Waals surface area contributed by atoms with E-state index in [1.165, 1.54) is 6.07 Å². The van der Waals surface area contributed by atoms with E-state index >= 15 is 0 Å². The third kappa shape index (κ3) is 3.20. The van der Waals surface area contributed by atoms with Gasteiger partial charge in [0.05, 0.1) is 5.69 Å². The van der Waals surface area contributed by atoms with Gasteiger partial charge >= 0.3 is 6.18 Å². The fraction of sp³-hybridized carbons (Fsp3) is 0.435. The van der Waals surface area contributed by atoms with Gasteiger partial charge in [0, 0.05) is 29.3 Å². The zero-order valence-electron chi connectivity index (χ0n) is 17.4. The van der Waals surface area contributed by atoms with Gasteiger partial charge in [-0.15, -0.1) is 0 Å². The standard InChI is InChI=1S/C23H23F3N4O/c1-13-6-5-7-14(2)29(13)22(31)18-12-19-27-20-16-9-4-3-8-15(16)10-11-17(20)21(23(24,25)26)30(19)28-18/h3-4,8-9,12-14H,5-7,10-11H2,1-2H3/t13-,14-/m1/s1. The molecular formula is C23H23F3N4O. The molecule has 5 rings (SSSR count). The van der Waals surface area contributed by atoms with Crippen LogP contribution in [0.15, 0.2) is 30.3 Å². The maximum atomic E-state index is 14.2. The van der Waals surface area contributed by atoms with Crippen molar-refractivity contribution in [2.24, 2.45) is 0 Å². The van der Waals surface area contributed by atoms with Crippen LogP contribution in [0.2, 0.25) is 0 Å². The Morgan fingerprint density at radius 3 is 2.52 bits per heavy atom. The Morgan fingerprint density at radius 2 is 1.81 bits per heavy atom. The van der Waals surface area contributed by atoms with E-state index in [-0.39, 0.29) is 41.3 Å². The van der Waals surface area contributed by atoms with Gasteiger partial charge in [-0.2, -0.15) is 18.3 Å². The number of hydrogen-bond donors (Lipinski definition) is 0. The Labute approximate surface area is 177 Å². The van der Waals surface area contributed by atoms with Crippen LogP contribution in [0.25, 0.3) is 16.9 Å². The normalized spacial score (nSPS) is 21.1. The molecule has 8 heteroatoms. The van der Waals surface area contributed by atoms with Gasteiger partial charge in [-0.3, -0.25) is 4.79 Å². The molecule has 1 saturated heterocycles. The summed E-state index contributed by atoms with van der Waals surface area (Å²) in [5, 5.41) is 4.13. The van der Waals surface area contributed by atoms with Crippen molar-refractivity contribution in [3.05, 3.63) is 52.8 Å². The summed E-state index contributed by atoms with van der Waals surface area (Å²) in [5.74, 6) is -0.336. The van der Waals surface area contributed by atoms with Gasteiger partial charge in [-0.25, -0.2) is 9.50 Å². The van der Waals surface area contributed by atoms with E-state index in [2.05, 4.69) is 10.1 Å². The van der Waals surface area contributed by atoms with Crippen molar-refractivity contribution in [3.8, 4) is 11.3 Å². The molecule has 0 radical (unpaired) electrons. The van der Waals surface area contributed by atoms with E-state index in [9.17, 15) is 18.0 Å². The summed E-state index contributed by atoms with van der Waals surface area (Å²) in [6, 6.07) is 8.84. The molecule has 2 aromatic heterocycles. The number of hydrogen-bond acceptors (Lipinski definition) is 3. The number of carbonyl (C=O) groups is 1. The molecule has 2 aliphatic rings. The van der Waals surface area contributed by atoms with Crippen molar-refractivity contribution in [1.29, 1.82) is 0 Å². The summed E-state index contributed by atoms with van der Waals surface area (Å²) in [4.78, 5) is 19.5. The Balaban J connectivity index is 1.70. The number of rotatable bonds is 1. The molecule has 1 aromatic carbocycles. The van der Waals surface area contributed by atoms with E-state index in [1.54, 1.807) is 17.0 Å². The zero-order valence-corrected chi connectivity index (χ0v) is 17.4. The topological polar surface area (TPSA) is 50.5 Å². The summed E-state index contributed by atoms with van der Waals surface area (Å²) >= 11 is 0. The van der Waals surface area contributed by atoms with Crippen LogP contribution in [0.4, 0.5) is 13.2 Å². The van der Waals surface area contributed by atoms with E-state index in [0.717, 1.165) is 29.3 Å². The molecule has 3 heterocycles. The van der Waals surface area contributed by atoms with Crippen LogP contribution >= 0.6 is 0 Å². The number of aryl methyl sites for hydroxylation is 1. The largest absolute Gasteiger partial charge is 0.433 e. The second-order valence-corrected chi connectivity index (χ2v) is 8.58. The Bertz CT molecular complexity index is 1170. The Kier molecular flexibility index (Phi) is 4.57. The van der Waals surface area contributed by atoms with Crippen molar-refractivity contribution < 1.29 is 18.0 Å². The number of amides is 1. The predicted molar refractivity (Wildman–Crippen MR) is 110 cm³/mol. The minimum absolute atomic E-state index is 0.00855. The van der Waals surface area contributed by atoms with Crippen LogP contribution in [0.3, 0.4) is 0 Å². The molecular weight excluding hydrogens is 405 g/mol. The number of alkyl halides is 3. The summed E-state index contributed by atoms with van der Waals surface area (Å²) in [5.41, 5.74) is 1.38. The van der Waals surface area contributed by atoms with Crippen molar-refractivity contribution >= 4 is 11.6 Å². The molecule has 5 nitrogen and oxygen atoms in total. The smallest absolute Gasteiger partial charge is 0.332 e. The van der Waals surface area contributed by atoms with Crippen molar-refractivity contribution in [2.75, 3.05) is 0 Å². The zero-order chi connectivity index (χ0) is 21.9. The van der Waals surface area contributed by atoms with Crippen LogP contribution < -0.4 is 0 Å². The van der Waals surface area contributed by atoms with Crippen molar-refractivity contribution in [1.82, 2.24) is 19.5 Å². The SMILES string of the molecule is C[C@@H]1CCC[C@@H](C)N1C(=O)c1cc2nc3c(c(C(F)(F)F)n2n1)CCc1ccccc1-3. The highest BCUT2D eigenvalue weighted by molar-refractivity contribution is 5.94. The lowest BCUT2D eigenvalue weighted by Gasteiger charge is -2.38. The number of fused-ring (bicyclic) bond motifs is 4. The number of piperidine rings is 1. The lowest BCUT2D eigenvalue weighted by atomic mass is 9.88. The molecule has 1 amide bonds. The van der Waals surface area contributed by atoms with Crippen LogP contribution in [-0.4, -0.2) is 37.5 Å². The molecule has 0 spiro atoms. The van der Waals surface area contributed by atoms with E-state index in [0.29, 0.717) is 17.7 Å². The Hall–Kier alpha value is -2.90. The lowest BCUT2D eigenvalue weighted by molar-refractivity contribution is -0.143. The summed E-state index contributed by atoms with van der Waals surface area (Å²) in [6.07, 6.45) is -1.09. The highest BCUT2D eigenvalue weighted by atomic mass is 19.4. The Morgan fingerprint density at radius 1 is 1.10 bits per heavy atom. The molecule has 0 saturated carbocycles. The minimum Gasteiger partial charge on any atom is -0.332 e. The molecule has 3 aromatic rings. The highest BCUT2D eigenvalue weighted by Gasteiger charge is 2.41. The van der Waals surface area contributed by atoms with Gasteiger partial charge in [0.15, 0.2) is 17.0 Å². The number of nitrogens with zero attached hydrogens (tertiary/aromatic N) is 4. The van der Waals surface area contributed by atoms with E-state index < -0.39 is 11.9 Å². The van der Waals surface area contributed by atoms with Gasteiger partial charge in [0.2, 0.25) is 0 Å². The van der Waals surface area contributed by atoms with Crippen LogP contribution in [0, 0.1) is 0 Å². The molecule has 0 bridgehead atoms. The fourth-order valence-electron chi connectivity index (χ4n) is 5.08. The van der Waals surface area contributed by atoms with Crippen LogP contribution in [-0.2, 0) is 19.0 Å². The van der Waals surface area contributed by atoms with E-state index in [1.807, 2.05) is 26.0 Å². The third-order valence-corrected chi connectivity index (χ3v) is 6.53. The van der Waals surface area contributed by atoms with Crippen molar-refractivity contribution in [3.63, 3.8) is 0 Å². The molecule has 0 N–H and O–H groups in total. The first-order valence-electron chi connectivity index (χ1n) is 10.7. The molecule has 162 valence electrons. The average Bonchev–Trinajstić information content (AvgIpc) is 3.14. The summed E-state index contributed by atoms with van der Waals surface area (Å²) in [7, 11) is 0. The number of likely N-dealkylation sites (tertiary alicyclic amines) is 1. The van der Waals surface area contributed by atoms with Crippen LogP contribution in [0.5, 0.6) is 0 Å². The number of aromatic nitrogens is 3. The van der Waals surface area contributed by atoms with Gasteiger partial charge in [0.1, 0.15) is 0 Å². The van der Waals surface area contributed by atoms with Gasteiger partial charge in [-0.05, 0) is 51.5 Å². The molecule has 0 unspecified atom stereocenters. The summed E-state index contributed by atoms with van der Waals surface area (Å²) < 4.78 is 43.4. The maximum absolute atomic E-state index is 14.2. The maximum Gasteiger partial charge on any atom is 0.433 e. The quantitative estimate of drug-likeness (QED) is 0.553. The molecule has 2 atom stereocenters. The summed E-state index contributed by atoms with van der Waals surface area (Å²) in [6.45, 7) is 3.94. The lowest BCUT2D eigenvalue weighted by Crippen LogP contribution is -2.47. The second kappa shape index (κ2) is 7.07. The van der Waals surface area contributed by atoms with Gasteiger partial charge < -0.3 is 4.90 Å². The molecule has 1 aliphatic heterocycles. The van der Waals surface area contributed by atoms with Crippen molar-refractivity contribution in [2.45, 2.75) is 64.2 Å². The third-order valence-electron chi connectivity index (χ3n) is 6.53. The first-order valence-corrected chi connectivity index (χ1v) is 10.7. The first kappa shape index (κ1) is 20.0. The van der Waals surface area contributed by atoms with Gasteiger partial charge in [0.25, 0.3) is 5.91 Å². The molecule has 1 fully saturated rings. The number of carbonyl (C=O) groups excluding carboxylic acids is 1. The van der Waals surface area contributed by atoms with E-state index in [4.69, 9.17) is 0 Å². The monoisotopic (exact) mass is 428 g/mol. The first-order chi connectivity index (χ1) is 14.8. The minimum atomic E-state index is -4.62. The number of benzene rings is 1. The number of halogens is 3. The molecule has 1 aliphatic carbocycles.